The maximum Gasteiger partial charge on any atom is 0.133 e. The van der Waals surface area contributed by atoms with Crippen molar-refractivity contribution in [3.63, 3.8) is 0 Å². The van der Waals surface area contributed by atoms with Crippen LogP contribution < -0.4 is 5.73 Å². The molecule has 96 valence electrons. The van der Waals surface area contributed by atoms with E-state index in [2.05, 4.69) is 15.1 Å². The van der Waals surface area contributed by atoms with Gasteiger partial charge in [0, 0.05) is 30.4 Å². The van der Waals surface area contributed by atoms with Crippen LogP contribution in [-0.2, 0) is 7.05 Å². The van der Waals surface area contributed by atoms with Gasteiger partial charge < -0.3 is 5.73 Å². The number of hydrogen-bond acceptors (Lipinski definition) is 5. The summed E-state index contributed by atoms with van der Waals surface area (Å²) in [6, 6.07) is 3.79. The molecule has 3 rings (SSSR count). The van der Waals surface area contributed by atoms with Crippen molar-refractivity contribution in [3.05, 3.63) is 35.6 Å². The summed E-state index contributed by atoms with van der Waals surface area (Å²) < 4.78 is 1.79. The lowest BCUT2D eigenvalue weighted by Crippen LogP contribution is -1.92. The lowest BCUT2D eigenvalue weighted by atomic mass is 10.2. The first-order valence-corrected chi connectivity index (χ1v) is 6.70. The minimum atomic E-state index is 0.506. The van der Waals surface area contributed by atoms with Crippen molar-refractivity contribution < 1.29 is 0 Å². The Balaban J connectivity index is 2.05. The number of aromatic nitrogens is 4. The summed E-state index contributed by atoms with van der Waals surface area (Å²) in [7, 11) is 1.91. The molecule has 0 aliphatic rings. The van der Waals surface area contributed by atoms with Crippen molar-refractivity contribution in [1.82, 2.24) is 19.7 Å². The summed E-state index contributed by atoms with van der Waals surface area (Å²) in [4.78, 5) is 8.72. The van der Waals surface area contributed by atoms with E-state index in [9.17, 15) is 0 Å². The Morgan fingerprint density at radius 2 is 2.16 bits per heavy atom. The summed E-state index contributed by atoms with van der Waals surface area (Å²) in [5.41, 5.74) is 9.69. The van der Waals surface area contributed by atoms with E-state index in [4.69, 9.17) is 5.73 Å². The van der Waals surface area contributed by atoms with Gasteiger partial charge >= 0.3 is 0 Å². The molecule has 0 amide bonds. The molecule has 19 heavy (non-hydrogen) atoms. The quantitative estimate of drug-likeness (QED) is 0.777. The molecule has 0 aliphatic heterocycles. The van der Waals surface area contributed by atoms with Gasteiger partial charge in [-0.1, -0.05) is 0 Å². The maximum absolute atomic E-state index is 5.87. The number of anilines is 1. The molecule has 3 heterocycles. The minimum absolute atomic E-state index is 0.506. The van der Waals surface area contributed by atoms with E-state index >= 15 is 0 Å². The van der Waals surface area contributed by atoms with Crippen LogP contribution in [0.25, 0.3) is 21.8 Å². The van der Waals surface area contributed by atoms with Gasteiger partial charge in [0.2, 0.25) is 0 Å². The Morgan fingerprint density at radius 3 is 2.84 bits per heavy atom. The largest absolute Gasteiger partial charge is 0.383 e. The fourth-order valence-electron chi connectivity index (χ4n) is 1.97. The van der Waals surface area contributed by atoms with Crippen LogP contribution >= 0.6 is 11.3 Å². The standard InChI is InChI=1S/C13H13N5S/c1-8-10(6-18(2)17-8)11-7-19-13(16-11)9-4-3-5-15-12(9)14/h3-7H,1-2H3,(H2,14,15). The van der Waals surface area contributed by atoms with Crippen molar-refractivity contribution in [2.45, 2.75) is 6.92 Å². The van der Waals surface area contributed by atoms with Crippen LogP contribution in [0.3, 0.4) is 0 Å². The molecule has 0 bridgehead atoms. The molecule has 0 fully saturated rings. The second-order valence-corrected chi connectivity index (χ2v) is 5.13. The van der Waals surface area contributed by atoms with Gasteiger partial charge in [-0.25, -0.2) is 9.97 Å². The first-order valence-electron chi connectivity index (χ1n) is 5.82. The van der Waals surface area contributed by atoms with Crippen LogP contribution in [-0.4, -0.2) is 19.7 Å². The zero-order chi connectivity index (χ0) is 13.4. The van der Waals surface area contributed by atoms with Crippen LogP contribution in [0.4, 0.5) is 5.82 Å². The van der Waals surface area contributed by atoms with Crippen LogP contribution in [0.1, 0.15) is 5.69 Å². The van der Waals surface area contributed by atoms with Crippen molar-refractivity contribution >= 4 is 17.2 Å². The van der Waals surface area contributed by atoms with Crippen molar-refractivity contribution in [2.24, 2.45) is 7.05 Å². The second-order valence-electron chi connectivity index (χ2n) is 4.28. The Labute approximate surface area is 114 Å². The highest BCUT2D eigenvalue weighted by atomic mass is 32.1. The predicted molar refractivity (Wildman–Crippen MR) is 76.7 cm³/mol. The molecule has 0 saturated carbocycles. The predicted octanol–water partition coefficient (Wildman–Crippen LogP) is 2.50. The van der Waals surface area contributed by atoms with E-state index in [1.165, 1.54) is 0 Å². The molecule has 5 nitrogen and oxygen atoms in total. The van der Waals surface area contributed by atoms with E-state index in [1.807, 2.05) is 37.7 Å². The molecule has 3 aromatic rings. The SMILES string of the molecule is Cc1nn(C)cc1-c1csc(-c2cccnc2N)n1. The van der Waals surface area contributed by atoms with Crippen LogP contribution in [0.5, 0.6) is 0 Å². The topological polar surface area (TPSA) is 69.6 Å². The summed E-state index contributed by atoms with van der Waals surface area (Å²) in [5, 5.41) is 7.23. The fraction of sp³-hybridized carbons (Fsp3) is 0.154. The number of nitrogen functional groups attached to an aromatic ring is 1. The minimum Gasteiger partial charge on any atom is -0.383 e. The number of thiazole rings is 1. The van der Waals surface area contributed by atoms with E-state index in [1.54, 1.807) is 22.2 Å². The smallest absolute Gasteiger partial charge is 0.133 e. The Hall–Kier alpha value is -2.21. The van der Waals surface area contributed by atoms with Crippen LogP contribution in [0.15, 0.2) is 29.9 Å². The van der Waals surface area contributed by atoms with Crippen LogP contribution in [0.2, 0.25) is 0 Å². The monoisotopic (exact) mass is 271 g/mol. The van der Waals surface area contributed by atoms with E-state index in [-0.39, 0.29) is 0 Å². The molecule has 2 N–H and O–H groups in total. The van der Waals surface area contributed by atoms with Gasteiger partial charge in [-0.2, -0.15) is 5.10 Å². The zero-order valence-corrected chi connectivity index (χ0v) is 11.5. The third kappa shape index (κ3) is 2.10. The number of aryl methyl sites for hydroxylation is 2. The molecule has 0 atom stereocenters. The lowest BCUT2D eigenvalue weighted by Gasteiger charge is -1.99. The van der Waals surface area contributed by atoms with Gasteiger partial charge in [0.25, 0.3) is 0 Å². The van der Waals surface area contributed by atoms with Crippen molar-refractivity contribution in [2.75, 3.05) is 5.73 Å². The second kappa shape index (κ2) is 4.47. The molecule has 0 unspecified atom stereocenters. The van der Waals surface area contributed by atoms with Crippen LogP contribution in [0, 0.1) is 6.92 Å². The summed E-state index contributed by atoms with van der Waals surface area (Å²) in [5.74, 6) is 0.506. The highest BCUT2D eigenvalue weighted by Crippen LogP contribution is 2.31. The number of rotatable bonds is 2. The number of hydrogen-bond donors (Lipinski definition) is 1. The number of pyridine rings is 1. The van der Waals surface area contributed by atoms with E-state index in [0.717, 1.165) is 27.5 Å². The fourth-order valence-corrected chi connectivity index (χ4v) is 2.82. The van der Waals surface area contributed by atoms with Gasteiger partial charge in [-0.3, -0.25) is 4.68 Å². The first-order chi connectivity index (χ1) is 9.15. The Morgan fingerprint density at radius 1 is 1.32 bits per heavy atom. The molecule has 0 aromatic carbocycles. The van der Waals surface area contributed by atoms with Crippen molar-refractivity contribution in [1.29, 1.82) is 0 Å². The highest BCUT2D eigenvalue weighted by molar-refractivity contribution is 7.13. The maximum atomic E-state index is 5.87. The summed E-state index contributed by atoms with van der Waals surface area (Å²) in [6.07, 6.45) is 3.65. The summed E-state index contributed by atoms with van der Waals surface area (Å²) in [6.45, 7) is 1.98. The normalized spacial score (nSPS) is 10.8. The zero-order valence-electron chi connectivity index (χ0n) is 10.7. The number of nitrogens with two attached hydrogens (primary N) is 1. The average molecular weight is 271 g/mol. The first kappa shape index (κ1) is 11.9. The molecule has 0 saturated heterocycles. The molecule has 3 aromatic heterocycles. The van der Waals surface area contributed by atoms with Gasteiger partial charge in [0.15, 0.2) is 0 Å². The summed E-state index contributed by atoms with van der Waals surface area (Å²) >= 11 is 1.56. The van der Waals surface area contributed by atoms with Crippen molar-refractivity contribution in [3.8, 4) is 21.8 Å². The molecule has 0 radical (unpaired) electrons. The van der Waals surface area contributed by atoms with E-state index < -0.39 is 0 Å². The number of nitrogens with zero attached hydrogens (tertiary/aromatic N) is 4. The lowest BCUT2D eigenvalue weighted by molar-refractivity contribution is 0.756. The molecular weight excluding hydrogens is 258 g/mol. The van der Waals surface area contributed by atoms with Gasteiger partial charge in [-0.15, -0.1) is 11.3 Å². The third-order valence-electron chi connectivity index (χ3n) is 2.86. The highest BCUT2D eigenvalue weighted by Gasteiger charge is 2.12. The van der Waals surface area contributed by atoms with Gasteiger partial charge in [-0.05, 0) is 19.1 Å². The Kier molecular flexibility index (Phi) is 2.79. The molecule has 0 spiro atoms. The molecule has 6 heteroatoms. The van der Waals surface area contributed by atoms with Gasteiger partial charge in [0.1, 0.15) is 10.8 Å². The Bertz CT molecular complexity index is 728. The van der Waals surface area contributed by atoms with E-state index in [0.29, 0.717) is 5.82 Å². The molecular formula is C13H13N5S. The molecule has 0 aliphatic carbocycles. The third-order valence-corrected chi connectivity index (χ3v) is 3.74. The average Bonchev–Trinajstić information content (AvgIpc) is 2.96. The van der Waals surface area contributed by atoms with Gasteiger partial charge in [0.05, 0.1) is 17.0 Å².